The predicted octanol–water partition coefficient (Wildman–Crippen LogP) is 5.16. The summed E-state index contributed by atoms with van der Waals surface area (Å²) in [4.78, 5) is 2.26. The summed E-state index contributed by atoms with van der Waals surface area (Å²) in [6, 6.07) is 3.60. The highest BCUT2D eigenvalue weighted by atomic mass is 35.5. The van der Waals surface area contributed by atoms with Crippen LogP contribution in [0, 0.1) is 5.92 Å². The van der Waals surface area contributed by atoms with Crippen molar-refractivity contribution in [2.75, 3.05) is 26.2 Å². The van der Waals surface area contributed by atoms with Gasteiger partial charge in [0.25, 0.3) is 0 Å². The Labute approximate surface area is 153 Å². The Morgan fingerprint density at radius 2 is 1.88 bits per heavy atom. The molecule has 138 valence electrons. The molecule has 0 spiro atoms. The van der Waals surface area contributed by atoms with Gasteiger partial charge in [0.15, 0.2) is 0 Å². The van der Waals surface area contributed by atoms with E-state index >= 15 is 0 Å². The number of nitrogens with one attached hydrogen (secondary N) is 1. The highest BCUT2D eigenvalue weighted by molar-refractivity contribution is 6.31. The quantitative estimate of drug-likeness (QED) is 0.753. The molecule has 0 saturated carbocycles. The molecular weight excluding hydrogens is 360 g/mol. The van der Waals surface area contributed by atoms with Gasteiger partial charge in [0.05, 0.1) is 5.56 Å². The lowest BCUT2D eigenvalue weighted by Crippen LogP contribution is -2.46. The Morgan fingerprint density at radius 3 is 2.42 bits per heavy atom. The van der Waals surface area contributed by atoms with Crippen LogP contribution in [0.3, 0.4) is 0 Å². The molecule has 1 aliphatic heterocycles. The minimum atomic E-state index is -4.35. The zero-order valence-electron chi connectivity index (χ0n) is 14.0. The number of hydrogen-bond acceptors (Lipinski definition) is 2. The maximum Gasteiger partial charge on any atom is 0.416 e. The van der Waals surface area contributed by atoms with Gasteiger partial charge in [-0.3, -0.25) is 4.90 Å². The van der Waals surface area contributed by atoms with Crippen molar-refractivity contribution in [2.45, 2.75) is 38.9 Å². The van der Waals surface area contributed by atoms with Crippen LogP contribution in [0.15, 0.2) is 18.2 Å². The molecular formula is C17H25Cl2F3N2. The van der Waals surface area contributed by atoms with Gasteiger partial charge >= 0.3 is 6.18 Å². The van der Waals surface area contributed by atoms with E-state index in [4.69, 9.17) is 11.6 Å². The second-order valence-corrected chi connectivity index (χ2v) is 6.64. The Morgan fingerprint density at radius 1 is 1.25 bits per heavy atom. The van der Waals surface area contributed by atoms with Crippen LogP contribution in [0.4, 0.5) is 13.2 Å². The lowest BCUT2D eigenvalue weighted by atomic mass is 9.88. The molecule has 2 nitrogen and oxygen atoms in total. The van der Waals surface area contributed by atoms with E-state index in [0.29, 0.717) is 10.6 Å². The molecule has 0 bridgehead atoms. The van der Waals surface area contributed by atoms with Crippen LogP contribution >= 0.6 is 24.0 Å². The van der Waals surface area contributed by atoms with Crippen LogP contribution < -0.4 is 5.32 Å². The first kappa shape index (κ1) is 21.6. The summed E-state index contributed by atoms with van der Waals surface area (Å²) in [5, 5.41) is 3.71. The molecule has 0 aliphatic carbocycles. The van der Waals surface area contributed by atoms with Gasteiger partial charge in [0, 0.05) is 37.2 Å². The molecule has 1 N–H and O–H groups in total. The van der Waals surface area contributed by atoms with Crippen LogP contribution in [0.2, 0.25) is 5.02 Å². The molecule has 24 heavy (non-hydrogen) atoms. The fourth-order valence-electron chi connectivity index (χ4n) is 3.38. The van der Waals surface area contributed by atoms with E-state index in [1.54, 1.807) is 0 Å². The van der Waals surface area contributed by atoms with Gasteiger partial charge < -0.3 is 5.32 Å². The summed E-state index contributed by atoms with van der Waals surface area (Å²) in [5.41, 5.74) is -0.0231. The molecule has 7 heteroatoms. The number of rotatable bonds is 5. The van der Waals surface area contributed by atoms with Crippen LogP contribution in [0.5, 0.6) is 0 Å². The Kier molecular flexibility index (Phi) is 8.33. The van der Waals surface area contributed by atoms with Gasteiger partial charge in [0.1, 0.15) is 0 Å². The third kappa shape index (κ3) is 5.25. The molecule has 0 aromatic heterocycles. The number of alkyl halides is 3. The molecule has 1 aliphatic rings. The first-order valence-corrected chi connectivity index (χ1v) is 8.53. The highest BCUT2D eigenvalue weighted by Crippen LogP contribution is 2.39. The third-order valence-electron chi connectivity index (χ3n) is 4.47. The molecule has 1 saturated heterocycles. The SMILES string of the molecule is CCCC(C)[C@H](c1cc(C(F)(F)F)ccc1Cl)N1CCNCC1.Cl. The third-order valence-corrected chi connectivity index (χ3v) is 4.81. The van der Waals surface area contributed by atoms with E-state index in [0.717, 1.165) is 45.1 Å². The second-order valence-electron chi connectivity index (χ2n) is 6.23. The lowest BCUT2D eigenvalue weighted by molar-refractivity contribution is -0.137. The predicted molar refractivity (Wildman–Crippen MR) is 95.0 cm³/mol. The van der Waals surface area contributed by atoms with Crippen LogP contribution in [0.1, 0.15) is 43.9 Å². The molecule has 1 fully saturated rings. The fourth-order valence-corrected chi connectivity index (χ4v) is 3.61. The lowest BCUT2D eigenvalue weighted by Gasteiger charge is -2.39. The van der Waals surface area contributed by atoms with Crippen molar-refractivity contribution in [2.24, 2.45) is 5.92 Å². The summed E-state index contributed by atoms with van der Waals surface area (Å²) in [7, 11) is 0. The molecule has 1 heterocycles. The van der Waals surface area contributed by atoms with E-state index < -0.39 is 11.7 Å². The summed E-state index contributed by atoms with van der Waals surface area (Å²) >= 11 is 6.29. The number of halogens is 5. The van der Waals surface area contributed by atoms with Crippen molar-refractivity contribution in [3.8, 4) is 0 Å². The molecule has 0 radical (unpaired) electrons. The van der Waals surface area contributed by atoms with Crippen LogP contribution in [-0.4, -0.2) is 31.1 Å². The summed E-state index contributed by atoms with van der Waals surface area (Å²) in [5.74, 6) is 0.249. The van der Waals surface area contributed by atoms with Gasteiger partial charge in [-0.2, -0.15) is 13.2 Å². The molecule has 0 amide bonds. The Balaban J connectivity index is 0.00000288. The van der Waals surface area contributed by atoms with Gasteiger partial charge in [-0.1, -0.05) is 31.9 Å². The van der Waals surface area contributed by atoms with Crippen LogP contribution in [0.25, 0.3) is 0 Å². The molecule has 1 aromatic carbocycles. The van der Waals surface area contributed by atoms with Gasteiger partial charge in [-0.05, 0) is 36.1 Å². The van der Waals surface area contributed by atoms with E-state index in [1.807, 2.05) is 0 Å². The van der Waals surface area contributed by atoms with Crippen molar-refractivity contribution in [1.29, 1.82) is 0 Å². The minimum Gasteiger partial charge on any atom is -0.314 e. The summed E-state index contributed by atoms with van der Waals surface area (Å²) < 4.78 is 39.3. The number of piperazine rings is 1. The van der Waals surface area contributed by atoms with Crippen molar-refractivity contribution in [3.05, 3.63) is 34.3 Å². The maximum absolute atomic E-state index is 13.1. The number of nitrogens with zero attached hydrogens (tertiary/aromatic N) is 1. The Hall–Kier alpha value is -0.490. The van der Waals surface area contributed by atoms with E-state index in [1.165, 1.54) is 12.1 Å². The van der Waals surface area contributed by atoms with Gasteiger partial charge in [-0.25, -0.2) is 0 Å². The number of benzene rings is 1. The smallest absolute Gasteiger partial charge is 0.314 e. The molecule has 2 rings (SSSR count). The van der Waals surface area contributed by atoms with E-state index in [2.05, 4.69) is 24.1 Å². The zero-order chi connectivity index (χ0) is 17.0. The minimum absolute atomic E-state index is 0. The van der Waals surface area contributed by atoms with E-state index in [-0.39, 0.29) is 24.4 Å². The normalized spacial score (nSPS) is 18.8. The number of hydrogen-bond donors (Lipinski definition) is 1. The van der Waals surface area contributed by atoms with Crippen molar-refractivity contribution in [1.82, 2.24) is 10.2 Å². The average Bonchev–Trinajstić information content (AvgIpc) is 2.49. The molecule has 2 atom stereocenters. The first-order chi connectivity index (χ1) is 10.8. The standard InChI is InChI=1S/C17H24ClF3N2.ClH/c1-3-4-12(2)16(23-9-7-22-8-10-23)14-11-13(17(19,20)21)5-6-15(14)18;/h5-6,11-12,16,22H,3-4,7-10H2,1-2H3;1H/t12?,16-;/m1./s1. The average molecular weight is 385 g/mol. The largest absolute Gasteiger partial charge is 0.416 e. The fraction of sp³-hybridized carbons (Fsp3) is 0.647. The Bertz CT molecular complexity index is 517. The monoisotopic (exact) mass is 384 g/mol. The first-order valence-electron chi connectivity index (χ1n) is 8.16. The van der Waals surface area contributed by atoms with Crippen molar-refractivity contribution >= 4 is 24.0 Å². The zero-order valence-corrected chi connectivity index (χ0v) is 15.6. The van der Waals surface area contributed by atoms with Crippen molar-refractivity contribution in [3.63, 3.8) is 0 Å². The van der Waals surface area contributed by atoms with Gasteiger partial charge in [-0.15, -0.1) is 12.4 Å². The summed E-state index contributed by atoms with van der Waals surface area (Å²) in [6.07, 6.45) is -2.39. The van der Waals surface area contributed by atoms with E-state index in [9.17, 15) is 13.2 Å². The highest BCUT2D eigenvalue weighted by Gasteiger charge is 2.34. The topological polar surface area (TPSA) is 15.3 Å². The van der Waals surface area contributed by atoms with Gasteiger partial charge in [0.2, 0.25) is 0 Å². The second kappa shape index (κ2) is 9.27. The molecule has 1 aromatic rings. The summed E-state index contributed by atoms with van der Waals surface area (Å²) in [6.45, 7) is 7.56. The van der Waals surface area contributed by atoms with Crippen molar-refractivity contribution < 1.29 is 13.2 Å². The maximum atomic E-state index is 13.1. The molecule has 1 unspecified atom stereocenters. The van der Waals surface area contributed by atoms with Crippen LogP contribution in [-0.2, 0) is 6.18 Å².